The summed E-state index contributed by atoms with van der Waals surface area (Å²) in [7, 11) is 3.74. The second-order valence-electron chi connectivity index (χ2n) is 4.56. The zero-order valence-corrected chi connectivity index (χ0v) is 15.5. The third kappa shape index (κ3) is 6.47. The lowest BCUT2D eigenvalue weighted by atomic mass is 10.2. The maximum absolute atomic E-state index is 4.22. The molecule has 0 unspecified atom stereocenters. The number of hydrogen-bond acceptors (Lipinski definition) is 3. The molecule has 2 rings (SSSR count). The molecule has 0 aliphatic rings. The highest BCUT2D eigenvalue weighted by Crippen LogP contribution is 2.07. The van der Waals surface area contributed by atoms with Gasteiger partial charge in [-0.3, -0.25) is 9.67 Å². The van der Waals surface area contributed by atoms with Crippen molar-refractivity contribution in [2.45, 2.75) is 19.4 Å². The Balaban J connectivity index is 0.00000220. The van der Waals surface area contributed by atoms with Gasteiger partial charge in [0.15, 0.2) is 5.96 Å². The van der Waals surface area contributed by atoms with E-state index in [1.54, 1.807) is 18.4 Å². The topological polar surface area (TPSA) is 54.2 Å². The third-order valence-corrected chi connectivity index (χ3v) is 3.80. The van der Waals surface area contributed by atoms with Crippen molar-refractivity contribution in [1.29, 1.82) is 0 Å². The molecule has 21 heavy (non-hydrogen) atoms. The van der Waals surface area contributed by atoms with Gasteiger partial charge in [-0.2, -0.15) is 5.10 Å². The van der Waals surface area contributed by atoms with Crippen LogP contribution < -0.4 is 10.6 Å². The molecule has 0 saturated carbocycles. The van der Waals surface area contributed by atoms with Crippen LogP contribution >= 0.6 is 35.3 Å². The normalized spacial score (nSPS) is 11.0. The van der Waals surface area contributed by atoms with Crippen molar-refractivity contribution in [3.63, 3.8) is 0 Å². The standard InChI is InChI=1S/C14H21N5S.HI/c1-15-14(17-10-13-6-4-8-20-13)16-7-3-5-12-9-18-19(2)11-12;/h4,6,8-9,11H,3,5,7,10H2,1-2H3,(H2,15,16,17);1H. The highest BCUT2D eigenvalue weighted by Gasteiger charge is 2.00. The number of aromatic nitrogens is 2. The lowest BCUT2D eigenvalue weighted by molar-refractivity contribution is 0.741. The van der Waals surface area contributed by atoms with E-state index >= 15 is 0 Å². The molecule has 5 nitrogen and oxygen atoms in total. The summed E-state index contributed by atoms with van der Waals surface area (Å²) in [4.78, 5) is 5.53. The number of guanidine groups is 1. The highest BCUT2D eigenvalue weighted by atomic mass is 127. The molecule has 0 amide bonds. The summed E-state index contributed by atoms with van der Waals surface area (Å²) in [5.74, 6) is 0.851. The minimum Gasteiger partial charge on any atom is -0.356 e. The van der Waals surface area contributed by atoms with Crippen LogP contribution in [0.3, 0.4) is 0 Å². The summed E-state index contributed by atoms with van der Waals surface area (Å²) in [6.07, 6.45) is 6.07. The fourth-order valence-electron chi connectivity index (χ4n) is 1.90. The van der Waals surface area contributed by atoms with Gasteiger partial charge in [-0.15, -0.1) is 35.3 Å². The summed E-state index contributed by atoms with van der Waals surface area (Å²) in [5.41, 5.74) is 1.27. The third-order valence-electron chi connectivity index (χ3n) is 2.93. The molecule has 0 aromatic carbocycles. The minimum atomic E-state index is 0. The first kappa shape index (κ1) is 18.0. The van der Waals surface area contributed by atoms with Gasteiger partial charge in [-0.25, -0.2) is 0 Å². The van der Waals surface area contributed by atoms with E-state index in [2.05, 4.69) is 44.4 Å². The predicted octanol–water partition coefficient (Wildman–Crippen LogP) is 2.40. The number of hydrogen-bond donors (Lipinski definition) is 2. The van der Waals surface area contributed by atoms with Crippen LogP contribution in [0.4, 0.5) is 0 Å². The van der Waals surface area contributed by atoms with Crippen molar-refractivity contribution in [2.24, 2.45) is 12.0 Å². The number of thiophene rings is 1. The molecule has 0 bridgehead atoms. The Kier molecular flexibility index (Phi) is 8.36. The summed E-state index contributed by atoms with van der Waals surface area (Å²) >= 11 is 1.75. The molecule has 0 radical (unpaired) electrons. The SMILES string of the molecule is CN=C(NCCCc1cnn(C)c1)NCc1cccs1.I. The lowest BCUT2D eigenvalue weighted by Crippen LogP contribution is -2.37. The van der Waals surface area contributed by atoms with Crippen molar-refractivity contribution in [2.75, 3.05) is 13.6 Å². The van der Waals surface area contributed by atoms with E-state index in [4.69, 9.17) is 0 Å². The molecule has 0 saturated heterocycles. The maximum Gasteiger partial charge on any atom is 0.191 e. The molecule has 2 aromatic heterocycles. The Labute approximate surface area is 146 Å². The van der Waals surface area contributed by atoms with Gasteiger partial charge in [-0.05, 0) is 29.9 Å². The predicted molar refractivity (Wildman–Crippen MR) is 99.5 cm³/mol. The van der Waals surface area contributed by atoms with Crippen LogP contribution in [0.15, 0.2) is 34.9 Å². The molecule has 2 heterocycles. The average Bonchev–Trinajstić information content (AvgIpc) is 3.09. The van der Waals surface area contributed by atoms with Crippen molar-refractivity contribution in [3.8, 4) is 0 Å². The molecule has 0 spiro atoms. The Morgan fingerprint density at radius 1 is 1.43 bits per heavy atom. The number of nitrogens with zero attached hydrogens (tertiary/aromatic N) is 3. The van der Waals surface area contributed by atoms with Gasteiger partial charge in [0.2, 0.25) is 0 Å². The van der Waals surface area contributed by atoms with Gasteiger partial charge >= 0.3 is 0 Å². The number of halogens is 1. The molecule has 0 fully saturated rings. The van der Waals surface area contributed by atoms with E-state index in [1.807, 2.05) is 17.9 Å². The molecular formula is C14H22IN5S. The summed E-state index contributed by atoms with van der Waals surface area (Å²) in [6, 6.07) is 4.18. The van der Waals surface area contributed by atoms with Crippen LogP contribution in [-0.2, 0) is 20.0 Å². The summed E-state index contributed by atoms with van der Waals surface area (Å²) < 4.78 is 1.84. The van der Waals surface area contributed by atoms with Crippen molar-refractivity contribution in [3.05, 3.63) is 40.3 Å². The van der Waals surface area contributed by atoms with Crippen molar-refractivity contribution in [1.82, 2.24) is 20.4 Å². The fourth-order valence-corrected chi connectivity index (χ4v) is 2.55. The van der Waals surface area contributed by atoms with Gasteiger partial charge < -0.3 is 10.6 Å². The fraction of sp³-hybridized carbons (Fsp3) is 0.429. The molecule has 0 aliphatic carbocycles. The monoisotopic (exact) mass is 419 g/mol. The van der Waals surface area contributed by atoms with Crippen molar-refractivity contribution < 1.29 is 0 Å². The molecule has 116 valence electrons. The first-order valence-electron chi connectivity index (χ1n) is 6.72. The van der Waals surface area contributed by atoms with E-state index in [1.165, 1.54) is 10.4 Å². The molecular weight excluding hydrogens is 397 g/mol. The second-order valence-corrected chi connectivity index (χ2v) is 5.59. The molecule has 2 aromatic rings. The highest BCUT2D eigenvalue weighted by molar-refractivity contribution is 14.0. The maximum atomic E-state index is 4.22. The van der Waals surface area contributed by atoms with Crippen molar-refractivity contribution >= 4 is 41.3 Å². The number of rotatable bonds is 6. The average molecular weight is 419 g/mol. The van der Waals surface area contributed by atoms with Crippen LogP contribution in [-0.4, -0.2) is 29.3 Å². The van der Waals surface area contributed by atoms with E-state index in [0.29, 0.717) is 0 Å². The quantitative estimate of drug-likeness (QED) is 0.327. The Morgan fingerprint density at radius 3 is 2.90 bits per heavy atom. The van der Waals surface area contributed by atoms with Gasteiger partial charge in [-0.1, -0.05) is 6.07 Å². The Bertz CT molecular complexity index is 535. The van der Waals surface area contributed by atoms with Gasteiger partial charge in [0.1, 0.15) is 0 Å². The van der Waals surface area contributed by atoms with Gasteiger partial charge in [0, 0.05) is 31.7 Å². The van der Waals surface area contributed by atoms with Crippen LogP contribution in [0.5, 0.6) is 0 Å². The zero-order chi connectivity index (χ0) is 14.2. The number of nitrogens with one attached hydrogen (secondary N) is 2. The van der Waals surface area contributed by atoms with E-state index in [0.717, 1.165) is 31.9 Å². The van der Waals surface area contributed by atoms with E-state index in [9.17, 15) is 0 Å². The van der Waals surface area contributed by atoms with Gasteiger partial charge in [0.05, 0.1) is 12.7 Å². The smallest absolute Gasteiger partial charge is 0.191 e. The van der Waals surface area contributed by atoms with E-state index < -0.39 is 0 Å². The van der Waals surface area contributed by atoms with E-state index in [-0.39, 0.29) is 24.0 Å². The lowest BCUT2D eigenvalue weighted by Gasteiger charge is -2.10. The van der Waals surface area contributed by atoms with Crippen LogP contribution in [0.25, 0.3) is 0 Å². The molecule has 7 heteroatoms. The molecule has 0 aliphatic heterocycles. The Morgan fingerprint density at radius 2 is 2.29 bits per heavy atom. The first-order valence-corrected chi connectivity index (χ1v) is 7.60. The first-order chi connectivity index (χ1) is 9.78. The minimum absolute atomic E-state index is 0. The summed E-state index contributed by atoms with van der Waals surface area (Å²) in [6.45, 7) is 1.72. The number of aryl methyl sites for hydroxylation is 2. The molecule has 0 atom stereocenters. The molecule has 2 N–H and O–H groups in total. The van der Waals surface area contributed by atoms with Crippen LogP contribution in [0, 0.1) is 0 Å². The van der Waals surface area contributed by atoms with Crippen LogP contribution in [0.2, 0.25) is 0 Å². The largest absolute Gasteiger partial charge is 0.356 e. The number of aliphatic imine (C=N–C) groups is 1. The Hall–Kier alpha value is -1.09. The van der Waals surface area contributed by atoms with Gasteiger partial charge in [0.25, 0.3) is 0 Å². The summed E-state index contributed by atoms with van der Waals surface area (Å²) in [5, 5.41) is 12.9. The zero-order valence-electron chi connectivity index (χ0n) is 12.4. The van der Waals surface area contributed by atoms with Crippen LogP contribution in [0.1, 0.15) is 16.9 Å². The second kappa shape index (κ2) is 9.78.